The number of carbonyl (C=O) groups excluding carboxylic acids is 1. The van der Waals surface area contributed by atoms with Crippen molar-refractivity contribution in [3.8, 4) is 0 Å². The second-order valence-corrected chi connectivity index (χ2v) is 3.30. The number of hydrogen-bond acceptors (Lipinski definition) is 5. The Morgan fingerprint density at radius 1 is 1.56 bits per heavy atom. The van der Waals surface area contributed by atoms with Gasteiger partial charge in [0.2, 0.25) is 5.82 Å². The fourth-order valence-corrected chi connectivity index (χ4v) is 1.41. The van der Waals surface area contributed by atoms with E-state index < -0.39 is 11.6 Å². The minimum absolute atomic E-state index is 0.168. The van der Waals surface area contributed by atoms with Crippen molar-refractivity contribution in [1.29, 1.82) is 0 Å². The number of imidazole rings is 1. The topological polar surface area (TPSA) is 108 Å². The third-order valence-corrected chi connectivity index (χ3v) is 2.10. The summed E-state index contributed by atoms with van der Waals surface area (Å²) in [6.45, 7) is 0.194. The van der Waals surface area contributed by atoms with Gasteiger partial charge in [0.1, 0.15) is 0 Å². The molecule has 9 heteroatoms. The summed E-state index contributed by atoms with van der Waals surface area (Å²) < 4.78 is 2.04. The zero-order valence-electron chi connectivity index (χ0n) is 8.00. The zero-order chi connectivity index (χ0) is 11.7. The molecule has 16 heavy (non-hydrogen) atoms. The van der Waals surface area contributed by atoms with Crippen molar-refractivity contribution < 1.29 is 4.79 Å². The number of aryl methyl sites for hydroxylation is 1. The van der Waals surface area contributed by atoms with E-state index in [2.05, 4.69) is 15.3 Å². The number of amides is 1. The number of hydrogen-bond donors (Lipinski definition) is 1. The number of nitrogens with two attached hydrogens (primary N) is 1. The van der Waals surface area contributed by atoms with Crippen LogP contribution in [0.25, 0.3) is 5.65 Å². The van der Waals surface area contributed by atoms with E-state index in [0.717, 1.165) is 9.08 Å². The maximum atomic E-state index is 11.8. The molecule has 0 aromatic carbocycles. The van der Waals surface area contributed by atoms with Crippen LogP contribution >= 0.6 is 11.6 Å². The summed E-state index contributed by atoms with van der Waals surface area (Å²) in [5.41, 5.74) is 4.70. The van der Waals surface area contributed by atoms with Gasteiger partial charge in [-0.05, 0) is 0 Å². The number of nitrogens with zero attached hydrogens (tertiary/aromatic N) is 5. The highest BCUT2D eigenvalue weighted by Crippen LogP contribution is 1.97. The minimum atomic E-state index is -0.803. The summed E-state index contributed by atoms with van der Waals surface area (Å²) >= 11 is 5.49. The van der Waals surface area contributed by atoms with Gasteiger partial charge in [-0.1, -0.05) is 5.21 Å². The fourth-order valence-electron chi connectivity index (χ4n) is 1.25. The average molecular weight is 243 g/mol. The van der Waals surface area contributed by atoms with E-state index in [1.807, 2.05) is 0 Å². The lowest BCUT2D eigenvalue weighted by molar-refractivity contribution is 0.0989. The maximum absolute atomic E-state index is 11.8. The molecule has 0 aliphatic heterocycles. The van der Waals surface area contributed by atoms with Gasteiger partial charge in [-0.3, -0.25) is 4.79 Å². The molecule has 2 aromatic rings. The Labute approximate surface area is 93.6 Å². The molecule has 8 nitrogen and oxygen atoms in total. The van der Waals surface area contributed by atoms with Crippen molar-refractivity contribution in [1.82, 2.24) is 24.4 Å². The summed E-state index contributed by atoms with van der Waals surface area (Å²) in [6.07, 6.45) is 1.25. The fraction of sp³-hybridized carbons (Fsp3) is 0.286. The van der Waals surface area contributed by atoms with Crippen molar-refractivity contribution in [3.63, 3.8) is 0 Å². The normalized spacial score (nSPS) is 10.8. The lowest BCUT2D eigenvalue weighted by Crippen LogP contribution is -2.33. The van der Waals surface area contributed by atoms with E-state index in [9.17, 15) is 9.59 Å². The van der Waals surface area contributed by atoms with Crippen LogP contribution in [0, 0.1) is 0 Å². The van der Waals surface area contributed by atoms with Gasteiger partial charge >= 0.3 is 5.69 Å². The van der Waals surface area contributed by atoms with E-state index >= 15 is 0 Å². The molecule has 0 aliphatic carbocycles. The van der Waals surface area contributed by atoms with Crippen molar-refractivity contribution >= 4 is 23.2 Å². The van der Waals surface area contributed by atoms with Crippen LogP contribution in [0.15, 0.2) is 11.0 Å². The second kappa shape index (κ2) is 3.89. The monoisotopic (exact) mass is 242 g/mol. The van der Waals surface area contributed by atoms with Gasteiger partial charge in [0.25, 0.3) is 5.91 Å². The molecule has 0 spiro atoms. The smallest absolute Gasteiger partial charge is 0.353 e. The lowest BCUT2D eigenvalue weighted by Gasteiger charge is -2.01. The number of aromatic nitrogens is 5. The first-order chi connectivity index (χ1) is 7.65. The first-order valence-electron chi connectivity index (χ1n) is 4.32. The highest BCUT2D eigenvalue weighted by molar-refractivity contribution is 6.17. The molecule has 0 fully saturated rings. The van der Waals surface area contributed by atoms with Crippen molar-refractivity contribution in [3.05, 3.63) is 22.5 Å². The number of rotatable bonds is 3. The van der Waals surface area contributed by atoms with E-state index in [1.54, 1.807) is 0 Å². The van der Waals surface area contributed by atoms with E-state index in [4.69, 9.17) is 17.3 Å². The molecule has 1 amide bonds. The Morgan fingerprint density at radius 2 is 2.31 bits per heavy atom. The van der Waals surface area contributed by atoms with Crippen molar-refractivity contribution in [2.75, 3.05) is 5.88 Å². The molecule has 0 atom stereocenters. The Kier molecular flexibility index (Phi) is 2.57. The second-order valence-electron chi connectivity index (χ2n) is 2.92. The molecular weight excluding hydrogens is 236 g/mol. The predicted octanol–water partition coefficient (Wildman–Crippen LogP) is -1.38. The van der Waals surface area contributed by atoms with Crippen LogP contribution in [0.1, 0.15) is 10.6 Å². The first kappa shape index (κ1) is 10.6. The van der Waals surface area contributed by atoms with E-state index in [0.29, 0.717) is 0 Å². The molecule has 0 radical (unpaired) electrons. The third kappa shape index (κ3) is 1.52. The van der Waals surface area contributed by atoms with Crippen LogP contribution in [0.3, 0.4) is 0 Å². The van der Waals surface area contributed by atoms with Gasteiger partial charge in [-0.15, -0.1) is 16.7 Å². The maximum Gasteiger partial charge on any atom is 0.353 e. The Bertz CT molecular complexity index is 602. The van der Waals surface area contributed by atoms with Gasteiger partial charge in [-0.2, -0.15) is 4.68 Å². The van der Waals surface area contributed by atoms with Crippen LogP contribution in [0.5, 0.6) is 0 Å². The van der Waals surface area contributed by atoms with Crippen LogP contribution in [0.2, 0.25) is 0 Å². The SMILES string of the molecule is NC(=O)c1ncc2nnn(CCCl)c(=O)n12. The molecule has 2 N–H and O–H groups in total. The summed E-state index contributed by atoms with van der Waals surface area (Å²) in [4.78, 5) is 26.5. The number of alkyl halides is 1. The van der Waals surface area contributed by atoms with Gasteiger partial charge in [0.15, 0.2) is 5.65 Å². The quantitative estimate of drug-likeness (QED) is 0.668. The number of carbonyl (C=O) groups is 1. The van der Waals surface area contributed by atoms with Gasteiger partial charge < -0.3 is 5.73 Å². The highest BCUT2D eigenvalue weighted by Gasteiger charge is 2.14. The molecule has 84 valence electrons. The number of fused-ring (bicyclic) bond motifs is 1. The molecule has 0 saturated heterocycles. The first-order valence-corrected chi connectivity index (χ1v) is 4.85. The molecule has 0 aliphatic rings. The van der Waals surface area contributed by atoms with Crippen LogP contribution < -0.4 is 11.4 Å². The number of halogens is 1. The number of primary amides is 1. The predicted molar refractivity (Wildman–Crippen MR) is 54.3 cm³/mol. The van der Waals surface area contributed by atoms with E-state index in [-0.39, 0.29) is 23.9 Å². The molecular formula is C7H7ClN6O2. The summed E-state index contributed by atoms with van der Waals surface area (Å²) in [5.74, 6) is -0.763. The molecule has 0 bridgehead atoms. The van der Waals surface area contributed by atoms with Crippen LogP contribution in [0.4, 0.5) is 0 Å². The molecule has 2 aromatic heterocycles. The Morgan fingerprint density at radius 3 is 2.94 bits per heavy atom. The average Bonchev–Trinajstić information content (AvgIpc) is 2.67. The largest absolute Gasteiger partial charge is 0.363 e. The van der Waals surface area contributed by atoms with Crippen LogP contribution in [-0.4, -0.2) is 36.2 Å². The lowest BCUT2D eigenvalue weighted by atomic mass is 10.6. The minimum Gasteiger partial charge on any atom is -0.363 e. The summed E-state index contributed by atoms with van der Waals surface area (Å²) in [5, 5.41) is 7.34. The molecule has 2 rings (SSSR count). The van der Waals surface area contributed by atoms with Gasteiger partial charge in [0, 0.05) is 5.88 Å². The highest BCUT2D eigenvalue weighted by atomic mass is 35.5. The Hall–Kier alpha value is -1.96. The van der Waals surface area contributed by atoms with Crippen LogP contribution in [-0.2, 0) is 6.54 Å². The molecule has 2 heterocycles. The van der Waals surface area contributed by atoms with Crippen molar-refractivity contribution in [2.45, 2.75) is 6.54 Å². The summed E-state index contributed by atoms with van der Waals surface area (Å²) in [6, 6.07) is 0. The van der Waals surface area contributed by atoms with Crippen molar-refractivity contribution in [2.24, 2.45) is 5.73 Å². The van der Waals surface area contributed by atoms with Gasteiger partial charge in [0.05, 0.1) is 12.7 Å². The van der Waals surface area contributed by atoms with E-state index in [1.165, 1.54) is 6.20 Å². The van der Waals surface area contributed by atoms with Gasteiger partial charge in [-0.25, -0.2) is 14.2 Å². The summed E-state index contributed by atoms with van der Waals surface area (Å²) in [7, 11) is 0. The molecule has 0 saturated carbocycles. The molecule has 0 unspecified atom stereocenters. The standard InChI is InChI=1S/C7H7ClN6O2/c8-1-2-13-7(16)14-4(11-12-13)3-10-6(14)5(9)15/h3H,1-2H2,(H2,9,15). The Balaban J connectivity index is 2.75. The third-order valence-electron chi connectivity index (χ3n) is 1.93. The zero-order valence-corrected chi connectivity index (χ0v) is 8.76.